The average molecular weight is 897 g/mol. The zero-order valence-corrected chi connectivity index (χ0v) is 37.9. The molecule has 2 aliphatic rings. The van der Waals surface area contributed by atoms with Crippen molar-refractivity contribution in [3.63, 3.8) is 0 Å². The number of para-hydroxylation sites is 4. The molecule has 328 valence electrons. The summed E-state index contributed by atoms with van der Waals surface area (Å²) in [5.41, 5.74) is 18.5. The van der Waals surface area contributed by atoms with E-state index in [4.69, 9.17) is 6.85 Å². The first-order chi connectivity index (χ1) is 36.8. The van der Waals surface area contributed by atoms with Gasteiger partial charge in [0.05, 0.1) is 23.3 Å². The Labute approximate surface area is 415 Å². The van der Waals surface area contributed by atoms with Gasteiger partial charge >= 0.3 is 0 Å². The molecule has 12 aromatic rings. The fourth-order valence-electron chi connectivity index (χ4n) is 11.6. The number of fused-ring (bicyclic) bond motifs is 13. The average Bonchev–Trinajstić information content (AvgIpc) is 4.12. The molecule has 0 fully saturated rings. The molecular formula is C67H45N3. The van der Waals surface area contributed by atoms with Crippen molar-refractivity contribution >= 4 is 55.9 Å². The standard InChI is InChI=1S/C67H45N3/c1-5-20-46(21-6-1)47-22-19-29-51(42-47)69(52-38-41-66-60(43-52)59-32-15-18-35-65(59)70(66)50-27-11-4-12-28-50)54-37-40-58-56-31-14-17-34-62(56)67(64(58)45-54)61-33-16-13-30-55(61)57-39-36-53(44-63(57)67)68(48-23-7-2-8-24-48)49-25-9-3-10-26-49/h1-45H/i1D,5D,6D,20D,21D. The van der Waals surface area contributed by atoms with Gasteiger partial charge in [-0.15, -0.1) is 0 Å². The van der Waals surface area contributed by atoms with Gasteiger partial charge in [-0.05, 0) is 153 Å². The molecule has 3 heteroatoms. The van der Waals surface area contributed by atoms with E-state index in [1.807, 2.05) is 30.3 Å². The quantitative estimate of drug-likeness (QED) is 0.151. The summed E-state index contributed by atoms with van der Waals surface area (Å²) >= 11 is 0. The van der Waals surface area contributed by atoms with Crippen molar-refractivity contribution in [2.24, 2.45) is 0 Å². The van der Waals surface area contributed by atoms with Gasteiger partial charge in [-0.2, -0.15) is 0 Å². The van der Waals surface area contributed by atoms with Crippen molar-refractivity contribution in [2.75, 3.05) is 9.80 Å². The number of anilines is 6. The van der Waals surface area contributed by atoms with Crippen LogP contribution < -0.4 is 9.80 Å². The highest BCUT2D eigenvalue weighted by Gasteiger charge is 2.52. The molecule has 14 rings (SSSR count). The van der Waals surface area contributed by atoms with Crippen molar-refractivity contribution < 1.29 is 6.85 Å². The summed E-state index contributed by atoms with van der Waals surface area (Å²) in [7, 11) is 0. The third-order valence-corrected chi connectivity index (χ3v) is 14.4. The third-order valence-electron chi connectivity index (χ3n) is 14.4. The highest BCUT2D eigenvalue weighted by atomic mass is 15.1. The molecule has 70 heavy (non-hydrogen) atoms. The van der Waals surface area contributed by atoms with Crippen molar-refractivity contribution in [1.82, 2.24) is 4.57 Å². The van der Waals surface area contributed by atoms with Gasteiger partial charge in [-0.25, -0.2) is 0 Å². The van der Waals surface area contributed by atoms with E-state index in [9.17, 15) is 0 Å². The fraction of sp³-hybridized carbons (Fsp3) is 0.0149. The SMILES string of the molecule is [2H]c1c([2H])c([2H])c(-c2cccc(N(c3ccc4c(c3)C3(c5ccccc5-c5ccc(N(c6ccccc6)c6ccccc6)cc53)c3ccccc3-4)c3ccc4c(c3)c3ccccc3n4-c3ccccc3)c2)c([2H])c1[2H]. The zero-order chi connectivity index (χ0) is 50.5. The largest absolute Gasteiger partial charge is 0.310 e. The van der Waals surface area contributed by atoms with Gasteiger partial charge in [0.2, 0.25) is 0 Å². The summed E-state index contributed by atoms with van der Waals surface area (Å²) in [5, 5.41) is 2.20. The molecule has 1 heterocycles. The first-order valence-corrected chi connectivity index (χ1v) is 23.8. The van der Waals surface area contributed by atoms with Crippen LogP contribution in [0.3, 0.4) is 0 Å². The van der Waals surface area contributed by atoms with Crippen LogP contribution in [-0.2, 0) is 5.41 Å². The summed E-state index contributed by atoms with van der Waals surface area (Å²) in [5.74, 6) is 0. The molecule has 1 atom stereocenters. The second-order valence-electron chi connectivity index (χ2n) is 18.1. The van der Waals surface area contributed by atoms with Gasteiger partial charge in [0.25, 0.3) is 0 Å². The lowest BCUT2D eigenvalue weighted by atomic mass is 9.70. The normalized spacial score (nSPS) is 15.1. The minimum atomic E-state index is -0.712. The van der Waals surface area contributed by atoms with Crippen LogP contribution in [0.25, 0.3) is 60.9 Å². The van der Waals surface area contributed by atoms with E-state index in [2.05, 4.69) is 227 Å². The van der Waals surface area contributed by atoms with Gasteiger partial charge in [0.1, 0.15) is 0 Å². The van der Waals surface area contributed by atoms with Crippen LogP contribution in [0.4, 0.5) is 34.1 Å². The van der Waals surface area contributed by atoms with Crippen LogP contribution in [0.1, 0.15) is 29.1 Å². The minimum absolute atomic E-state index is 0.155. The van der Waals surface area contributed by atoms with Gasteiger partial charge < -0.3 is 14.4 Å². The van der Waals surface area contributed by atoms with E-state index in [1.165, 1.54) is 33.4 Å². The van der Waals surface area contributed by atoms with Crippen LogP contribution >= 0.6 is 0 Å². The smallest absolute Gasteiger partial charge is 0.0727 e. The topological polar surface area (TPSA) is 11.4 Å². The minimum Gasteiger partial charge on any atom is -0.310 e. The number of rotatable bonds is 8. The summed E-state index contributed by atoms with van der Waals surface area (Å²) in [6.07, 6.45) is 0. The molecule has 11 aromatic carbocycles. The lowest BCUT2D eigenvalue weighted by molar-refractivity contribution is 0.793. The number of hydrogen-bond acceptors (Lipinski definition) is 2. The Kier molecular flexibility index (Phi) is 8.00. The molecule has 0 aliphatic heterocycles. The zero-order valence-electron chi connectivity index (χ0n) is 42.9. The Morgan fingerprint density at radius 2 is 0.786 bits per heavy atom. The molecule has 0 N–H and O–H groups in total. The Morgan fingerprint density at radius 3 is 1.43 bits per heavy atom. The molecule has 0 radical (unpaired) electrons. The monoisotopic (exact) mass is 896 g/mol. The van der Waals surface area contributed by atoms with E-state index in [0.717, 1.165) is 72.7 Å². The predicted molar refractivity (Wildman–Crippen MR) is 292 cm³/mol. The summed E-state index contributed by atoms with van der Waals surface area (Å²) in [4.78, 5) is 4.60. The lowest BCUT2D eigenvalue weighted by Gasteiger charge is -2.33. The molecule has 0 saturated heterocycles. The van der Waals surface area contributed by atoms with E-state index in [1.54, 1.807) is 0 Å². The summed E-state index contributed by atoms with van der Waals surface area (Å²) < 4.78 is 46.0. The number of benzene rings is 11. The Hall–Kier alpha value is -9.18. The van der Waals surface area contributed by atoms with Crippen molar-refractivity contribution in [3.05, 3.63) is 295 Å². The highest BCUT2D eigenvalue weighted by Crippen LogP contribution is 2.64. The van der Waals surface area contributed by atoms with Crippen molar-refractivity contribution in [1.29, 1.82) is 0 Å². The Morgan fingerprint density at radius 1 is 0.314 bits per heavy atom. The molecule has 2 aliphatic carbocycles. The van der Waals surface area contributed by atoms with E-state index < -0.39 is 11.5 Å². The second kappa shape index (κ2) is 16.0. The molecule has 0 bridgehead atoms. The second-order valence-corrected chi connectivity index (χ2v) is 18.1. The Bertz CT molecular complexity index is 4190. The van der Waals surface area contributed by atoms with Crippen LogP contribution in [0.15, 0.2) is 273 Å². The van der Waals surface area contributed by atoms with Crippen LogP contribution in [0.2, 0.25) is 0 Å². The first kappa shape index (κ1) is 35.0. The van der Waals surface area contributed by atoms with Crippen molar-refractivity contribution in [3.8, 4) is 39.1 Å². The molecule has 1 aromatic heterocycles. The van der Waals surface area contributed by atoms with E-state index in [-0.39, 0.29) is 29.7 Å². The summed E-state index contributed by atoms with van der Waals surface area (Å²) in [6.45, 7) is 0. The number of aromatic nitrogens is 1. The van der Waals surface area contributed by atoms with Crippen LogP contribution in [0.5, 0.6) is 0 Å². The number of hydrogen-bond donors (Lipinski definition) is 0. The molecule has 3 nitrogen and oxygen atoms in total. The maximum Gasteiger partial charge on any atom is 0.0727 e. The number of nitrogens with zero attached hydrogens (tertiary/aromatic N) is 3. The predicted octanol–water partition coefficient (Wildman–Crippen LogP) is 17.7. The lowest BCUT2D eigenvalue weighted by Crippen LogP contribution is -2.26. The molecule has 0 amide bonds. The molecular weight excluding hydrogens is 847 g/mol. The molecule has 0 saturated carbocycles. The summed E-state index contributed by atoms with van der Waals surface area (Å²) in [6, 6.07) is 84.4. The van der Waals surface area contributed by atoms with Gasteiger partial charge in [-0.1, -0.05) is 176 Å². The van der Waals surface area contributed by atoms with Crippen molar-refractivity contribution in [2.45, 2.75) is 5.41 Å². The fourth-order valence-corrected chi connectivity index (χ4v) is 11.6. The Balaban J connectivity index is 1.03. The third kappa shape index (κ3) is 6.01. The van der Waals surface area contributed by atoms with Gasteiger partial charge in [0.15, 0.2) is 0 Å². The first-order valence-electron chi connectivity index (χ1n) is 26.3. The maximum absolute atomic E-state index is 9.03. The van der Waals surface area contributed by atoms with Crippen LogP contribution in [0, 0.1) is 0 Å². The van der Waals surface area contributed by atoms with Gasteiger partial charge in [0, 0.05) is 50.6 Å². The van der Waals surface area contributed by atoms with Crippen LogP contribution in [-0.4, -0.2) is 4.57 Å². The maximum atomic E-state index is 9.03. The van der Waals surface area contributed by atoms with E-state index >= 15 is 0 Å². The van der Waals surface area contributed by atoms with E-state index in [0.29, 0.717) is 5.56 Å². The van der Waals surface area contributed by atoms with Gasteiger partial charge in [-0.3, -0.25) is 0 Å². The highest BCUT2D eigenvalue weighted by molar-refractivity contribution is 6.11. The molecule has 1 spiro atoms. The molecule has 1 unspecified atom stereocenters.